The molecular formula is C40H66ClN3O. The summed E-state index contributed by atoms with van der Waals surface area (Å²) in [7, 11) is 1.69. The van der Waals surface area contributed by atoms with Crippen molar-refractivity contribution in [3.63, 3.8) is 0 Å². The highest BCUT2D eigenvalue weighted by Gasteiger charge is 2.38. The van der Waals surface area contributed by atoms with Crippen LogP contribution in [0.3, 0.4) is 0 Å². The lowest BCUT2D eigenvalue weighted by Crippen LogP contribution is -2.59. The summed E-state index contributed by atoms with van der Waals surface area (Å²) < 4.78 is 5.37. The summed E-state index contributed by atoms with van der Waals surface area (Å²) in [5.41, 5.74) is 5.25. The molecule has 1 fully saturated rings. The third kappa shape index (κ3) is 17.3. The van der Waals surface area contributed by atoms with E-state index in [-0.39, 0.29) is 5.54 Å². The normalized spacial score (nSPS) is 15.6. The number of hydrogen-bond acceptors (Lipinski definition) is 4. The number of rotatable bonds is 8. The predicted octanol–water partition coefficient (Wildman–Crippen LogP) is 12.2. The summed E-state index contributed by atoms with van der Waals surface area (Å²) in [5.74, 6) is 0.856. The van der Waals surface area contributed by atoms with Gasteiger partial charge in [0.05, 0.1) is 24.0 Å². The molecule has 2 aromatic carbocycles. The highest BCUT2D eigenvalue weighted by Crippen LogP contribution is 2.34. The Kier molecular flexibility index (Phi) is 25.8. The van der Waals surface area contributed by atoms with Crippen molar-refractivity contribution in [1.82, 2.24) is 9.80 Å². The maximum Gasteiger partial charge on any atom is 0.119 e. The monoisotopic (exact) mass is 639 g/mol. The number of benzene rings is 2. The van der Waals surface area contributed by atoms with Gasteiger partial charge in [-0.05, 0) is 63.9 Å². The van der Waals surface area contributed by atoms with Crippen molar-refractivity contribution in [3.05, 3.63) is 95.3 Å². The minimum Gasteiger partial charge on any atom is -0.497 e. The minimum absolute atomic E-state index is 0.0331. The molecule has 1 unspecified atom stereocenters. The number of methoxy groups -OCH3 is 1. The first-order chi connectivity index (χ1) is 21.4. The first-order valence-corrected chi connectivity index (χ1v) is 17.2. The largest absolute Gasteiger partial charge is 0.497 e. The second kappa shape index (κ2) is 26.3. The lowest BCUT2D eigenvalue weighted by molar-refractivity contribution is 0.0613. The van der Waals surface area contributed by atoms with Crippen molar-refractivity contribution in [2.24, 2.45) is 4.99 Å². The Morgan fingerprint density at radius 1 is 0.933 bits per heavy atom. The van der Waals surface area contributed by atoms with E-state index in [2.05, 4.69) is 89.4 Å². The van der Waals surface area contributed by atoms with Crippen LogP contribution >= 0.6 is 11.6 Å². The van der Waals surface area contributed by atoms with Gasteiger partial charge in [-0.3, -0.25) is 4.99 Å². The number of ether oxygens (including phenoxy) is 1. The predicted molar refractivity (Wildman–Crippen MR) is 205 cm³/mol. The molecule has 0 spiro atoms. The average molecular weight is 640 g/mol. The van der Waals surface area contributed by atoms with Gasteiger partial charge in [-0.15, -0.1) is 0 Å². The number of allylic oxidation sites excluding steroid dienone is 1. The fraction of sp³-hybridized carbons (Fsp3) is 0.525. The molecule has 0 bridgehead atoms. The zero-order valence-electron chi connectivity index (χ0n) is 31.0. The molecule has 5 heteroatoms. The van der Waals surface area contributed by atoms with Gasteiger partial charge in [-0.1, -0.05) is 129 Å². The third-order valence-corrected chi connectivity index (χ3v) is 7.20. The van der Waals surface area contributed by atoms with Gasteiger partial charge in [0.1, 0.15) is 5.75 Å². The van der Waals surface area contributed by atoms with Crippen molar-refractivity contribution in [1.29, 1.82) is 0 Å². The van der Waals surface area contributed by atoms with Crippen molar-refractivity contribution in [2.75, 3.05) is 26.7 Å². The zero-order chi connectivity index (χ0) is 34.8. The fourth-order valence-electron chi connectivity index (χ4n) is 4.24. The fourth-order valence-corrected chi connectivity index (χ4v) is 4.49. The number of nitrogens with zero attached hydrogens (tertiary/aromatic N) is 3. The van der Waals surface area contributed by atoms with Crippen LogP contribution in [0, 0.1) is 6.92 Å². The zero-order valence-corrected chi connectivity index (χ0v) is 31.7. The number of unbranched alkanes of at least 4 members (excludes halogenated alkanes) is 1. The molecule has 3 rings (SSSR count). The van der Waals surface area contributed by atoms with Crippen molar-refractivity contribution < 1.29 is 4.74 Å². The molecule has 45 heavy (non-hydrogen) atoms. The molecule has 0 saturated carbocycles. The van der Waals surface area contributed by atoms with Crippen LogP contribution in [0.1, 0.15) is 112 Å². The second-order valence-corrected chi connectivity index (χ2v) is 11.8. The van der Waals surface area contributed by atoms with Gasteiger partial charge >= 0.3 is 0 Å². The van der Waals surface area contributed by atoms with Crippen LogP contribution < -0.4 is 4.74 Å². The van der Waals surface area contributed by atoms with Gasteiger partial charge < -0.3 is 14.5 Å². The lowest BCUT2D eigenvalue weighted by Gasteiger charge is -2.51. The van der Waals surface area contributed by atoms with Crippen molar-refractivity contribution in [3.8, 4) is 5.75 Å². The second-order valence-electron chi connectivity index (χ2n) is 11.3. The van der Waals surface area contributed by atoms with Gasteiger partial charge in [-0.25, -0.2) is 0 Å². The molecule has 0 N–H and O–H groups in total. The van der Waals surface area contributed by atoms with Crippen LogP contribution in [0.15, 0.2) is 84.2 Å². The van der Waals surface area contributed by atoms with Crippen LogP contribution in [0.4, 0.5) is 0 Å². The Morgan fingerprint density at radius 3 is 1.93 bits per heavy atom. The molecule has 4 nitrogen and oxygen atoms in total. The molecule has 2 aromatic rings. The molecule has 0 amide bonds. The Labute approximate surface area is 283 Å². The molecular weight excluding hydrogens is 574 g/mol. The number of halogens is 1. The van der Waals surface area contributed by atoms with E-state index in [0.29, 0.717) is 0 Å². The summed E-state index contributed by atoms with van der Waals surface area (Å²) in [4.78, 5) is 9.27. The van der Waals surface area contributed by atoms with E-state index in [1.54, 1.807) is 7.11 Å². The van der Waals surface area contributed by atoms with Gasteiger partial charge in [0.25, 0.3) is 0 Å². The number of piperazine rings is 1. The highest BCUT2D eigenvalue weighted by atomic mass is 35.5. The Hall–Kier alpha value is -2.98. The lowest BCUT2D eigenvalue weighted by atomic mass is 9.91. The molecule has 1 heterocycles. The first-order valence-electron chi connectivity index (χ1n) is 16.9. The van der Waals surface area contributed by atoms with E-state index in [1.807, 2.05) is 75.5 Å². The molecule has 0 aliphatic carbocycles. The standard InChI is InChI=1S/C23H33N3O.C7H7Cl.C4H10.2C3H8/c1-8-22(24-10-3)19(5)26-15-14-25(17-23(26,6)9-2)18(4)20-12-11-13-21(16-20)27-7;1-6-3-2-4-7(8)5-6;1-3-4-2;2*1-3-2/h8,10-13,16H,4-5,9,14-15,17H2,1-3,6-7H3;2-5H,1H3;3-4H2,1-2H3;2*3H2,1-2H3/b22-8+,24-10?;;;;. The van der Waals surface area contributed by atoms with Crippen LogP contribution in [0.2, 0.25) is 5.02 Å². The molecule has 1 saturated heterocycles. The van der Waals surface area contributed by atoms with Gasteiger partial charge in [0.15, 0.2) is 0 Å². The van der Waals surface area contributed by atoms with Gasteiger partial charge in [0, 0.05) is 42.1 Å². The van der Waals surface area contributed by atoms with Gasteiger partial charge in [0.2, 0.25) is 0 Å². The van der Waals surface area contributed by atoms with E-state index in [4.69, 9.17) is 16.3 Å². The molecule has 254 valence electrons. The summed E-state index contributed by atoms with van der Waals surface area (Å²) in [6, 6.07) is 15.9. The van der Waals surface area contributed by atoms with Crippen LogP contribution in [0.5, 0.6) is 5.75 Å². The Morgan fingerprint density at radius 2 is 1.51 bits per heavy atom. The van der Waals surface area contributed by atoms with Gasteiger partial charge in [-0.2, -0.15) is 0 Å². The van der Waals surface area contributed by atoms with Crippen LogP contribution in [0.25, 0.3) is 5.70 Å². The van der Waals surface area contributed by atoms with E-state index in [9.17, 15) is 0 Å². The number of hydrogen-bond donors (Lipinski definition) is 0. The molecule has 0 radical (unpaired) electrons. The number of aliphatic imine (C=N–C) groups is 1. The summed E-state index contributed by atoms with van der Waals surface area (Å²) in [5, 5.41) is 0.810. The van der Waals surface area contributed by atoms with Crippen molar-refractivity contribution in [2.45, 2.75) is 114 Å². The average Bonchev–Trinajstić information content (AvgIpc) is 3.04. The van der Waals surface area contributed by atoms with E-state index < -0.39 is 0 Å². The van der Waals surface area contributed by atoms with E-state index in [0.717, 1.165) is 59.5 Å². The topological polar surface area (TPSA) is 28.1 Å². The maximum atomic E-state index is 5.64. The smallest absolute Gasteiger partial charge is 0.119 e. The first kappa shape index (κ1) is 44.1. The Bertz CT molecular complexity index is 1120. The quantitative estimate of drug-likeness (QED) is 0.212. The molecule has 1 aliphatic heterocycles. The van der Waals surface area contributed by atoms with Crippen molar-refractivity contribution >= 4 is 23.5 Å². The Balaban J connectivity index is 0. The summed E-state index contributed by atoms with van der Waals surface area (Å²) in [6.07, 6.45) is 10.0. The number of aryl methyl sites for hydroxylation is 1. The molecule has 1 atom stereocenters. The maximum absolute atomic E-state index is 5.64. The van der Waals surface area contributed by atoms with E-state index in [1.165, 1.54) is 31.2 Å². The minimum atomic E-state index is -0.0331. The summed E-state index contributed by atoms with van der Waals surface area (Å²) in [6.45, 7) is 34.8. The molecule has 1 aliphatic rings. The SMILES string of the molecule is C=C(c1cccc(OC)c1)N1CCN(C(=C)/C(=C\C)N=CC)C(C)(CC)C1.CCC.CCC.CCCC.Cc1cccc(Cl)c1. The highest BCUT2D eigenvalue weighted by molar-refractivity contribution is 6.30. The van der Waals surface area contributed by atoms with E-state index >= 15 is 0 Å². The third-order valence-electron chi connectivity index (χ3n) is 6.97. The molecule has 0 aromatic heterocycles. The van der Waals surface area contributed by atoms with Crippen LogP contribution in [-0.4, -0.2) is 48.3 Å². The summed E-state index contributed by atoms with van der Waals surface area (Å²) >= 11 is 5.64. The van der Waals surface area contributed by atoms with Crippen LogP contribution in [-0.2, 0) is 0 Å².